The number of allylic oxidation sites excluding steroid dienone is 4. The molecule has 0 aromatic heterocycles. The molecule has 5 aliphatic carbocycles. The first-order valence-electron chi connectivity index (χ1n) is 14.7. The summed E-state index contributed by atoms with van der Waals surface area (Å²) < 4.78 is 0. The van der Waals surface area contributed by atoms with Gasteiger partial charge >= 0.3 is 0 Å². The lowest BCUT2D eigenvalue weighted by Gasteiger charge is -2.68. The van der Waals surface area contributed by atoms with Gasteiger partial charge in [0.1, 0.15) is 6.07 Å². The van der Waals surface area contributed by atoms with Gasteiger partial charge in [-0.15, -0.1) is 4.91 Å². The zero-order valence-electron chi connectivity index (χ0n) is 24.5. The molecule has 39 heavy (non-hydrogen) atoms. The van der Waals surface area contributed by atoms with Crippen LogP contribution in [-0.4, -0.2) is 23.6 Å². The average Bonchev–Trinajstić information content (AvgIpc) is 2.87. The number of Topliss-reactive ketones (excluding diaryl/α,β-unsaturated/α-hetero) is 1. The quantitative estimate of drug-likeness (QED) is 0.444. The van der Waals surface area contributed by atoms with E-state index in [9.17, 15) is 24.6 Å². The Morgan fingerprint density at radius 1 is 1.08 bits per heavy atom. The number of nitroso groups, excluding NO2 is 1. The Bertz CT molecular complexity index is 1260. The number of fused-ring (bicyclic) bond motifs is 7. The minimum atomic E-state index is -0.811. The molecule has 0 saturated heterocycles. The van der Waals surface area contributed by atoms with Crippen LogP contribution in [-0.2, 0) is 14.4 Å². The van der Waals surface area contributed by atoms with Crippen LogP contribution >= 0.6 is 0 Å². The molecule has 9 atom stereocenters. The maximum absolute atomic E-state index is 14.4. The number of amides is 1. The molecule has 0 heterocycles. The standard InChI is InChI=1S/C32H43N3O4/c1-18-21-8-9-30(6)24(29(21,5)15-20(17-33)26(18)37)14-23(36)25-22-16-28(3,4)10-12-32(22,13-11-31(25,30)7)27(38)34-19(2)35-39/h14-15,18-19,21-22,25H,8-13,16H2,1-7H3,(H,34,38). The van der Waals surface area contributed by atoms with Crippen molar-refractivity contribution in [3.8, 4) is 6.07 Å². The van der Waals surface area contributed by atoms with Crippen LogP contribution in [0.15, 0.2) is 28.5 Å². The number of hydrogen-bond acceptors (Lipinski definition) is 6. The van der Waals surface area contributed by atoms with Crippen LogP contribution in [0.1, 0.15) is 93.4 Å². The summed E-state index contributed by atoms with van der Waals surface area (Å²) in [5.41, 5.74) is -0.654. The van der Waals surface area contributed by atoms with Gasteiger partial charge in [-0.05, 0) is 91.2 Å². The van der Waals surface area contributed by atoms with Gasteiger partial charge in [0.2, 0.25) is 5.91 Å². The van der Waals surface area contributed by atoms with Crippen molar-refractivity contribution < 1.29 is 14.4 Å². The second-order valence-electron chi connectivity index (χ2n) is 14.8. The van der Waals surface area contributed by atoms with Gasteiger partial charge in [0.25, 0.3) is 0 Å². The summed E-state index contributed by atoms with van der Waals surface area (Å²) in [7, 11) is 0. The number of nitriles is 1. The summed E-state index contributed by atoms with van der Waals surface area (Å²) in [6.45, 7) is 14.7. The van der Waals surface area contributed by atoms with Gasteiger partial charge < -0.3 is 5.32 Å². The second-order valence-corrected chi connectivity index (χ2v) is 14.8. The third-order valence-corrected chi connectivity index (χ3v) is 12.5. The number of hydrogen-bond donors (Lipinski definition) is 1. The van der Waals surface area contributed by atoms with Crippen LogP contribution in [0.3, 0.4) is 0 Å². The summed E-state index contributed by atoms with van der Waals surface area (Å²) in [6, 6.07) is 2.14. The Balaban J connectivity index is 1.66. The minimum Gasteiger partial charge on any atom is -0.331 e. The number of rotatable bonds is 3. The second kappa shape index (κ2) is 8.69. The van der Waals surface area contributed by atoms with Crippen molar-refractivity contribution in [2.45, 2.75) is 99.6 Å². The zero-order chi connectivity index (χ0) is 28.8. The van der Waals surface area contributed by atoms with Crippen LogP contribution in [0.5, 0.6) is 0 Å². The normalized spacial score (nSPS) is 45.2. The van der Waals surface area contributed by atoms with Gasteiger partial charge in [0.05, 0.1) is 11.0 Å². The highest BCUT2D eigenvalue weighted by molar-refractivity contribution is 6.02. The van der Waals surface area contributed by atoms with Crippen molar-refractivity contribution in [3.63, 3.8) is 0 Å². The fraction of sp³-hybridized carbons (Fsp3) is 0.750. The van der Waals surface area contributed by atoms with E-state index in [-0.39, 0.29) is 63.0 Å². The fourth-order valence-electron chi connectivity index (χ4n) is 10.0. The molecule has 5 rings (SSSR count). The van der Waals surface area contributed by atoms with E-state index in [1.54, 1.807) is 6.92 Å². The van der Waals surface area contributed by atoms with Crippen LogP contribution < -0.4 is 5.32 Å². The van der Waals surface area contributed by atoms with Crippen molar-refractivity contribution in [1.29, 1.82) is 5.26 Å². The van der Waals surface area contributed by atoms with E-state index in [4.69, 9.17) is 0 Å². The molecule has 210 valence electrons. The SMILES string of the molecule is CC(N=O)NC(=O)C12CCC(C)(C)CC1C1C(=O)C=C3C4(C)C=C(C#N)C(=O)C(C)C4CCC3(C)C1(C)CC2. The average molecular weight is 534 g/mol. The first-order valence-corrected chi connectivity index (χ1v) is 14.7. The summed E-state index contributed by atoms with van der Waals surface area (Å²) in [4.78, 5) is 52.4. The third kappa shape index (κ3) is 3.62. The van der Waals surface area contributed by atoms with Crippen LogP contribution in [0, 0.1) is 67.0 Å². The molecule has 5 aliphatic rings. The van der Waals surface area contributed by atoms with Crippen molar-refractivity contribution in [3.05, 3.63) is 28.2 Å². The smallest absolute Gasteiger partial charge is 0.228 e. The third-order valence-electron chi connectivity index (χ3n) is 12.5. The zero-order valence-corrected chi connectivity index (χ0v) is 24.5. The van der Waals surface area contributed by atoms with Crippen LogP contribution in [0.25, 0.3) is 0 Å². The molecule has 1 amide bonds. The van der Waals surface area contributed by atoms with Gasteiger partial charge in [0.15, 0.2) is 17.7 Å². The van der Waals surface area contributed by atoms with Crippen molar-refractivity contribution in [1.82, 2.24) is 5.32 Å². The predicted octanol–water partition coefficient (Wildman–Crippen LogP) is 6.04. The molecule has 0 spiro atoms. The highest BCUT2D eigenvalue weighted by Crippen LogP contribution is 2.73. The van der Waals surface area contributed by atoms with E-state index in [0.717, 1.165) is 37.7 Å². The van der Waals surface area contributed by atoms with Crippen molar-refractivity contribution in [2.24, 2.45) is 55.9 Å². The molecule has 3 fully saturated rings. The Kier molecular flexibility index (Phi) is 6.22. The van der Waals surface area contributed by atoms with Crippen molar-refractivity contribution in [2.75, 3.05) is 0 Å². The maximum atomic E-state index is 14.4. The largest absolute Gasteiger partial charge is 0.331 e. The summed E-state index contributed by atoms with van der Waals surface area (Å²) >= 11 is 0. The van der Waals surface area contributed by atoms with Gasteiger partial charge in [-0.3, -0.25) is 14.4 Å². The first-order chi connectivity index (χ1) is 18.1. The number of ketones is 2. The predicted molar refractivity (Wildman–Crippen MR) is 148 cm³/mol. The van der Waals surface area contributed by atoms with Crippen LogP contribution in [0.4, 0.5) is 0 Å². The van der Waals surface area contributed by atoms with Gasteiger partial charge in [-0.2, -0.15) is 5.26 Å². The fourth-order valence-corrected chi connectivity index (χ4v) is 10.0. The lowest BCUT2D eigenvalue weighted by Crippen LogP contribution is -2.66. The number of nitrogens with one attached hydrogen (secondary N) is 1. The number of nitrogens with zero attached hydrogens (tertiary/aromatic N) is 2. The summed E-state index contributed by atoms with van der Waals surface area (Å²) in [6.07, 6.45) is 8.40. The molecule has 7 heteroatoms. The Labute approximate surface area is 232 Å². The molecule has 0 bridgehead atoms. The molecule has 0 radical (unpaired) electrons. The van der Waals surface area contributed by atoms with E-state index < -0.39 is 17.0 Å². The Morgan fingerprint density at radius 2 is 1.74 bits per heavy atom. The summed E-state index contributed by atoms with van der Waals surface area (Å²) in [5.74, 6) is -0.820. The molecule has 7 nitrogen and oxygen atoms in total. The topological polar surface area (TPSA) is 116 Å². The number of carbonyl (C=O) groups is 3. The molecule has 3 saturated carbocycles. The van der Waals surface area contributed by atoms with Gasteiger partial charge in [-0.1, -0.05) is 53.2 Å². The van der Waals surface area contributed by atoms with Gasteiger partial charge in [-0.25, -0.2) is 0 Å². The Morgan fingerprint density at radius 3 is 2.38 bits per heavy atom. The molecule has 0 aromatic carbocycles. The Hall–Kier alpha value is -2.62. The van der Waals surface area contributed by atoms with Crippen LogP contribution in [0.2, 0.25) is 0 Å². The molecule has 9 unspecified atom stereocenters. The highest BCUT2D eigenvalue weighted by atomic mass is 16.3. The molecule has 0 aromatic rings. The minimum absolute atomic E-state index is 0.000362. The summed E-state index contributed by atoms with van der Waals surface area (Å²) in [5, 5.41) is 15.7. The molecular formula is C32H43N3O4. The monoisotopic (exact) mass is 533 g/mol. The van der Waals surface area contributed by atoms with Gasteiger partial charge in [0, 0.05) is 17.3 Å². The van der Waals surface area contributed by atoms with E-state index in [1.165, 1.54) is 0 Å². The molecule has 1 N–H and O–H groups in total. The van der Waals surface area contributed by atoms with Crippen molar-refractivity contribution >= 4 is 17.5 Å². The molecular weight excluding hydrogens is 490 g/mol. The van der Waals surface area contributed by atoms with E-state index >= 15 is 0 Å². The highest BCUT2D eigenvalue weighted by Gasteiger charge is 2.70. The number of carbonyl (C=O) groups excluding carboxylic acids is 3. The lowest BCUT2D eigenvalue weighted by atomic mass is 9.34. The van der Waals surface area contributed by atoms with E-state index in [1.807, 2.05) is 19.1 Å². The molecule has 0 aliphatic heterocycles. The van der Waals surface area contributed by atoms with E-state index in [0.29, 0.717) is 12.8 Å². The maximum Gasteiger partial charge on any atom is 0.228 e. The lowest BCUT2D eigenvalue weighted by molar-refractivity contribution is -0.177. The first kappa shape index (κ1) is 27.9. The van der Waals surface area contributed by atoms with E-state index in [2.05, 4.69) is 51.2 Å².